The van der Waals surface area contributed by atoms with Crippen LogP contribution in [0.2, 0.25) is 0 Å². The number of anilines is 1. The Morgan fingerprint density at radius 1 is 1.07 bits per heavy atom. The molecular formula is C22H33N3O2. The van der Waals surface area contributed by atoms with Crippen LogP contribution in [0.25, 0.3) is 0 Å². The Morgan fingerprint density at radius 2 is 1.78 bits per heavy atom. The molecule has 27 heavy (non-hydrogen) atoms. The normalized spacial score (nSPS) is 10.0. The molecule has 0 bridgehead atoms. The fraction of sp³-hybridized carbons (Fsp3) is 0.364. The highest BCUT2D eigenvalue weighted by atomic mass is 16.5. The van der Waals surface area contributed by atoms with Crippen LogP contribution in [-0.2, 0) is 4.74 Å². The lowest BCUT2D eigenvalue weighted by Crippen LogP contribution is -2.14. The second-order valence-corrected chi connectivity index (χ2v) is 5.82. The van der Waals surface area contributed by atoms with Gasteiger partial charge in [0.15, 0.2) is 0 Å². The first-order chi connectivity index (χ1) is 12.6. The molecule has 0 heterocycles. The third-order valence-electron chi connectivity index (χ3n) is 3.72. The average molecular weight is 372 g/mol. The number of hydrogen-bond acceptors (Lipinski definition) is 4. The first kappa shape index (κ1) is 24.3. The molecule has 0 unspecified atom stereocenters. The summed E-state index contributed by atoms with van der Waals surface area (Å²) in [6, 6.07) is 14.6. The van der Waals surface area contributed by atoms with Crippen molar-refractivity contribution in [2.75, 3.05) is 19.5 Å². The number of nitrogens with two attached hydrogens (primary N) is 2. The predicted octanol–water partition coefficient (Wildman–Crippen LogP) is 4.97. The number of nitrogens with zero attached hydrogens (tertiary/aromatic N) is 1. The Morgan fingerprint density at radius 3 is 2.37 bits per heavy atom. The van der Waals surface area contributed by atoms with Crippen molar-refractivity contribution in [3.63, 3.8) is 0 Å². The summed E-state index contributed by atoms with van der Waals surface area (Å²) in [4.78, 5) is 15.4. The molecule has 0 radical (unpaired) electrons. The van der Waals surface area contributed by atoms with Crippen LogP contribution in [0, 0.1) is 0 Å². The number of para-hydroxylation sites is 2. The van der Waals surface area contributed by atoms with Crippen molar-refractivity contribution in [2.45, 2.75) is 40.0 Å². The molecule has 0 aliphatic carbocycles. The highest BCUT2D eigenvalue weighted by Gasteiger charge is 2.07. The van der Waals surface area contributed by atoms with E-state index < -0.39 is 5.91 Å². The number of primary amides is 1. The lowest BCUT2D eigenvalue weighted by molar-refractivity contribution is 0.100. The van der Waals surface area contributed by atoms with Crippen molar-refractivity contribution in [3.8, 4) is 0 Å². The predicted molar refractivity (Wildman–Crippen MR) is 116 cm³/mol. The second kappa shape index (κ2) is 14.5. The van der Waals surface area contributed by atoms with Gasteiger partial charge in [-0.3, -0.25) is 9.79 Å². The van der Waals surface area contributed by atoms with Gasteiger partial charge >= 0.3 is 0 Å². The summed E-state index contributed by atoms with van der Waals surface area (Å²) in [5.41, 5.74) is 13.2. The molecule has 0 spiro atoms. The van der Waals surface area contributed by atoms with Gasteiger partial charge < -0.3 is 16.2 Å². The van der Waals surface area contributed by atoms with Crippen LogP contribution in [0.5, 0.6) is 0 Å². The highest BCUT2D eigenvalue weighted by molar-refractivity contribution is 6.02. The molecule has 2 aromatic rings. The van der Waals surface area contributed by atoms with Gasteiger partial charge in [-0.2, -0.15) is 0 Å². The Labute approximate surface area is 163 Å². The van der Waals surface area contributed by atoms with E-state index in [9.17, 15) is 4.79 Å². The molecular weight excluding hydrogens is 338 g/mol. The quantitative estimate of drug-likeness (QED) is 0.390. The van der Waals surface area contributed by atoms with Gasteiger partial charge in [0.25, 0.3) is 5.91 Å². The zero-order valence-electron chi connectivity index (χ0n) is 15.7. The van der Waals surface area contributed by atoms with E-state index in [1.54, 1.807) is 31.5 Å². The SMILES string of the molecule is C.CCCCCCOC.NC(=O)c1cccc(C=Nc2ccccc2)c1N. The van der Waals surface area contributed by atoms with E-state index in [0.29, 0.717) is 16.8 Å². The molecule has 5 heteroatoms. The fourth-order valence-corrected chi connectivity index (χ4v) is 2.24. The van der Waals surface area contributed by atoms with Gasteiger partial charge in [-0.1, -0.05) is 63.9 Å². The number of aliphatic imine (C=N–C) groups is 1. The number of benzene rings is 2. The summed E-state index contributed by atoms with van der Waals surface area (Å²) < 4.78 is 4.89. The Kier molecular flexibility index (Phi) is 13.1. The molecule has 0 aliphatic heterocycles. The Hall–Kier alpha value is -2.66. The third kappa shape index (κ3) is 9.56. The van der Waals surface area contributed by atoms with Crippen LogP contribution in [0.15, 0.2) is 53.5 Å². The Bertz CT molecular complexity index is 679. The molecule has 0 saturated heterocycles. The number of unbranched alkanes of at least 4 members (excludes halogenated alkanes) is 3. The largest absolute Gasteiger partial charge is 0.398 e. The van der Waals surface area contributed by atoms with E-state index in [1.165, 1.54) is 25.7 Å². The smallest absolute Gasteiger partial charge is 0.250 e. The summed E-state index contributed by atoms with van der Waals surface area (Å²) in [6.07, 6.45) is 6.83. The van der Waals surface area contributed by atoms with Crippen LogP contribution in [-0.4, -0.2) is 25.8 Å². The molecule has 2 rings (SSSR count). The maximum absolute atomic E-state index is 11.1. The van der Waals surface area contributed by atoms with Gasteiger partial charge in [0, 0.05) is 25.5 Å². The number of ether oxygens (including phenoxy) is 1. The minimum absolute atomic E-state index is 0. The summed E-state index contributed by atoms with van der Waals surface area (Å²) in [7, 11) is 1.76. The first-order valence-corrected chi connectivity index (χ1v) is 8.86. The lowest BCUT2D eigenvalue weighted by atomic mass is 10.1. The molecule has 2 aromatic carbocycles. The van der Waals surface area contributed by atoms with E-state index in [0.717, 1.165) is 12.3 Å². The van der Waals surface area contributed by atoms with Gasteiger partial charge in [0.05, 0.1) is 16.9 Å². The van der Waals surface area contributed by atoms with Crippen molar-refractivity contribution in [1.82, 2.24) is 0 Å². The molecule has 1 amide bonds. The molecule has 5 nitrogen and oxygen atoms in total. The number of nitrogen functional groups attached to an aromatic ring is 1. The minimum Gasteiger partial charge on any atom is -0.398 e. The van der Waals surface area contributed by atoms with Crippen LogP contribution in [0.1, 0.15) is 56.0 Å². The summed E-state index contributed by atoms with van der Waals surface area (Å²) in [5.74, 6) is -0.539. The average Bonchev–Trinajstić information content (AvgIpc) is 2.66. The van der Waals surface area contributed by atoms with Crippen LogP contribution in [0.4, 0.5) is 11.4 Å². The maximum atomic E-state index is 11.1. The van der Waals surface area contributed by atoms with Crippen molar-refractivity contribution >= 4 is 23.5 Å². The number of methoxy groups -OCH3 is 1. The Balaban J connectivity index is 0.000000645. The first-order valence-electron chi connectivity index (χ1n) is 8.86. The van der Waals surface area contributed by atoms with Crippen LogP contribution in [0.3, 0.4) is 0 Å². The van der Waals surface area contributed by atoms with Crippen molar-refractivity contribution in [3.05, 3.63) is 59.7 Å². The van der Waals surface area contributed by atoms with Gasteiger partial charge in [0.1, 0.15) is 0 Å². The molecule has 0 aliphatic rings. The summed E-state index contributed by atoms with van der Waals surface area (Å²) in [5, 5.41) is 0. The molecule has 0 fully saturated rings. The second-order valence-electron chi connectivity index (χ2n) is 5.82. The summed E-state index contributed by atoms with van der Waals surface area (Å²) in [6.45, 7) is 3.15. The zero-order chi connectivity index (χ0) is 19.2. The highest BCUT2D eigenvalue weighted by Crippen LogP contribution is 2.17. The molecule has 0 aromatic heterocycles. The summed E-state index contributed by atoms with van der Waals surface area (Å²) >= 11 is 0. The van der Waals surface area contributed by atoms with Crippen molar-refractivity contribution in [2.24, 2.45) is 10.7 Å². The lowest BCUT2D eigenvalue weighted by Gasteiger charge is -2.04. The van der Waals surface area contributed by atoms with Crippen LogP contribution < -0.4 is 11.5 Å². The number of hydrogen-bond donors (Lipinski definition) is 2. The van der Waals surface area contributed by atoms with Gasteiger partial charge in [-0.25, -0.2) is 0 Å². The van der Waals surface area contributed by atoms with Gasteiger partial charge in [-0.05, 0) is 24.6 Å². The number of carbonyl (C=O) groups is 1. The standard InChI is InChI=1S/C14H13N3O.C7H16O.CH4/c15-13-10(5-4-8-12(13)14(16)18)9-17-11-6-2-1-3-7-11;1-3-4-5-6-7-8-2;/h1-9H,15H2,(H2,16,18);3-7H2,1-2H3;1H4. The maximum Gasteiger partial charge on any atom is 0.250 e. The van der Waals surface area contributed by atoms with E-state index >= 15 is 0 Å². The molecule has 0 saturated carbocycles. The van der Waals surface area contributed by atoms with Crippen molar-refractivity contribution in [1.29, 1.82) is 0 Å². The minimum atomic E-state index is -0.539. The molecule has 148 valence electrons. The number of rotatable bonds is 8. The van der Waals surface area contributed by atoms with E-state index in [-0.39, 0.29) is 7.43 Å². The fourth-order valence-electron chi connectivity index (χ4n) is 2.24. The van der Waals surface area contributed by atoms with Gasteiger partial charge in [-0.15, -0.1) is 0 Å². The monoisotopic (exact) mass is 371 g/mol. The third-order valence-corrected chi connectivity index (χ3v) is 3.72. The van der Waals surface area contributed by atoms with Crippen molar-refractivity contribution < 1.29 is 9.53 Å². The molecule has 0 atom stereocenters. The molecule has 4 N–H and O–H groups in total. The van der Waals surface area contributed by atoms with Gasteiger partial charge in [0.2, 0.25) is 0 Å². The van der Waals surface area contributed by atoms with E-state index in [2.05, 4.69) is 11.9 Å². The number of carbonyl (C=O) groups excluding carboxylic acids is 1. The van der Waals surface area contributed by atoms with Crippen LogP contribution >= 0.6 is 0 Å². The topological polar surface area (TPSA) is 90.7 Å². The number of amides is 1. The van der Waals surface area contributed by atoms with E-state index in [4.69, 9.17) is 16.2 Å². The van der Waals surface area contributed by atoms with E-state index in [1.807, 2.05) is 30.3 Å². The zero-order valence-corrected chi connectivity index (χ0v) is 15.7.